The SMILES string of the molecule is FC(F)C(F)(CC(F)(F)C(F)(F)F)C(F)(F)F. The van der Waals surface area contributed by atoms with Crippen molar-refractivity contribution in [2.45, 2.75) is 36.8 Å². The third-order valence-corrected chi connectivity index (χ3v) is 1.71. The minimum absolute atomic E-state index is 3.72. The average Bonchev–Trinajstić information content (AvgIpc) is 1.98. The Morgan fingerprint density at radius 3 is 1.18 bits per heavy atom. The van der Waals surface area contributed by atoms with Crippen LogP contribution in [0.1, 0.15) is 6.42 Å². The predicted octanol–water partition coefficient (Wildman–Crippen LogP) is 4.11. The predicted molar refractivity (Wildman–Crippen MR) is 31.5 cm³/mol. The van der Waals surface area contributed by atoms with Gasteiger partial charge in [0, 0.05) is 0 Å². The lowest BCUT2D eigenvalue weighted by Crippen LogP contribution is -2.54. The van der Waals surface area contributed by atoms with E-state index >= 15 is 0 Å². The highest BCUT2D eigenvalue weighted by molar-refractivity contribution is 4.96. The molecule has 0 aliphatic rings. The van der Waals surface area contributed by atoms with Crippen LogP contribution in [0.15, 0.2) is 0 Å². The van der Waals surface area contributed by atoms with Gasteiger partial charge in [0.25, 0.3) is 12.1 Å². The first-order valence-electron chi connectivity index (χ1n) is 3.63. The quantitative estimate of drug-likeness (QED) is 0.684. The third kappa shape index (κ3) is 3.12. The molecule has 11 heteroatoms. The minimum Gasteiger partial charge on any atom is -0.227 e. The van der Waals surface area contributed by atoms with Gasteiger partial charge in [0.2, 0.25) is 0 Å². The van der Waals surface area contributed by atoms with Crippen molar-refractivity contribution in [2.75, 3.05) is 0 Å². The summed E-state index contributed by atoms with van der Waals surface area (Å²) >= 11 is 0. The molecule has 1 unspecified atom stereocenters. The van der Waals surface area contributed by atoms with E-state index < -0.39 is 36.8 Å². The Balaban J connectivity index is 5.32. The summed E-state index contributed by atoms with van der Waals surface area (Å²) in [5, 5.41) is 0. The van der Waals surface area contributed by atoms with Crippen LogP contribution >= 0.6 is 0 Å². The lowest BCUT2D eigenvalue weighted by molar-refractivity contribution is -0.332. The second-order valence-electron chi connectivity index (χ2n) is 3.04. The van der Waals surface area contributed by atoms with Crippen LogP contribution in [0.25, 0.3) is 0 Å². The van der Waals surface area contributed by atoms with Gasteiger partial charge in [-0.15, -0.1) is 0 Å². The van der Waals surface area contributed by atoms with E-state index in [0.29, 0.717) is 0 Å². The van der Waals surface area contributed by atoms with Gasteiger partial charge in [0.15, 0.2) is 0 Å². The molecule has 0 radical (unpaired) electrons. The summed E-state index contributed by atoms with van der Waals surface area (Å²) in [6, 6.07) is 0. The summed E-state index contributed by atoms with van der Waals surface area (Å²) in [6.45, 7) is 0. The second-order valence-corrected chi connectivity index (χ2v) is 3.04. The Hall–Kier alpha value is -0.770. The standard InChI is InChI=1S/C6H3F11/c7-2(8)3(9,5(12,13)14)1-4(10,11)6(15,16)17/h2H,1H2. The summed E-state index contributed by atoms with van der Waals surface area (Å²) in [6.07, 6.45) is -21.9. The molecule has 0 N–H and O–H groups in total. The zero-order chi connectivity index (χ0) is 14.3. The first kappa shape index (κ1) is 16.2. The molecule has 0 aromatic rings. The maximum absolute atomic E-state index is 12.6. The zero-order valence-corrected chi connectivity index (χ0v) is 7.44. The fourth-order valence-electron chi connectivity index (χ4n) is 0.724. The molecular formula is C6H3F11. The summed E-state index contributed by atoms with van der Waals surface area (Å²) in [4.78, 5) is 0. The Labute approximate surface area is 86.4 Å². The molecule has 0 nitrogen and oxygen atoms in total. The molecule has 1 atom stereocenters. The Kier molecular flexibility index (Phi) is 3.97. The van der Waals surface area contributed by atoms with Crippen molar-refractivity contribution in [3.05, 3.63) is 0 Å². The zero-order valence-electron chi connectivity index (χ0n) is 7.44. The van der Waals surface area contributed by atoms with E-state index in [2.05, 4.69) is 0 Å². The number of rotatable bonds is 3. The Morgan fingerprint density at radius 2 is 1.00 bits per heavy atom. The molecule has 0 aromatic heterocycles. The second kappa shape index (κ2) is 4.16. The van der Waals surface area contributed by atoms with Crippen molar-refractivity contribution in [3.8, 4) is 0 Å². The van der Waals surface area contributed by atoms with Crippen LogP contribution in [0.3, 0.4) is 0 Å². The molecule has 0 fully saturated rings. The number of halogens is 11. The van der Waals surface area contributed by atoms with Crippen LogP contribution in [-0.4, -0.2) is 30.4 Å². The molecule has 0 aromatic carbocycles. The third-order valence-electron chi connectivity index (χ3n) is 1.71. The summed E-state index contributed by atoms with van der Waals surface area (Å²) in [7, 11) is 0. The molecule has 104 valence electrons. The number of hydrogen-bond acceptors (Lipinski definition) is 0. The van der Waals surface area contributed by atoms with Crippen molar-refractivity contribution in [1.82, 2.24) is 0 Å². The fourth-order valence-corrected chi connectivity index (χ4v) is 0.724. The normalized spacial score (nSPS) is 18.4. The first-order valence-corrected chi connectivity index (χ1v) is 3.63. The molecule has 0 rings (SSSR count). The van der Waals surface area contributed by atoms with Gasteiger partial charge in [0.1, 0.15) is 0 Å². The molecule has 0 heterocycles. The van der Waals surface area contributed by atoms with Crippen LogP contribution in [-0.2, 0) is 0 Å². The number of hydrogen-bond donors (Lipinski definition) is 0. The molecule has 17 heavy (non-hydrogen) atoms. The van der Waals surface area contributed by atoms with Crippen LogP contribution in [0.5, 0.6) is 0 Å². The highest BCUT2D eigenvalue weighted by atomic mass is 19.4. The van der Waals surface area contributed by atoms with E-state index in [1.165, 1.54) is 0 Å². The average molecular weight is 284 g/mol. The largest absolute Gasteiger partial charge is 0.453 e. The maximum Gasteiger partial charge on any atom is 0.453 e. The lowest BCUT2D eigenvalue weighted by Gasteiger charge is -2.31. The molecule has 0 spiro atoms. The molecule has 0 bridgehead atoms. The van der Waals surface area contributed by atoms with Gasteiger partial charge in [-0.2, -0.15) is 35.1 Å². The maximum atomic E-state index is 12.6. The number of alkyl halides is 11. The van der Waals surface area contributed by atoms with Gasteiger partial charge in [-0.05, 0) is 0 Å². The molecule has 0 amide bonds. The molecule has 0 aliphatic heterocycles. The topological polar surface area (TPSA) is 0 Å². The van der Waals surface area contributed by atoms with Crippen molar-refractivity contribution in [1.29, 1.82) is 0 Å². The summed E-state index contributed by atoms with van der Waals surface area (Å²) < 4.78 is 130. The van der Waals surface area contributed by atoms with Gasteiger partial charge in [-0.1, -0.05) is 0 Å². The first-order chi connectivity index (χ1) is 7.15. The van der Waals surface area contributed by atoms with Crippen molar-refractivity contribution >= 4 is 0 Å². The lowest BCUT2D eigenvalue weighted by atomic mass is 9.97. The van der Waals surface area contributed by atoms with Gasteiger partial charge in [0.05, 0.1) is 6.42 Å². The van der Waals surface area contributed by atoms with Crippen molar-refractivity contribution < 1.29 is 48.3 Å². The van der Waals surface area contributed by atoms with E-state index in [0.717, 1.165) is 0 Å². The van der Waals surface area contributed by atoms with Crippen LogP contribution in [0.4, 0.5) is 48.3 Å². The summed E-state index contributed by atoms with van der Waals surface area (Å²) in [5.41, 5.74) is -5.92. The molecule has 0 saturated carbocycles. The Bertz CT molecular complexity index is 260. The van der Waals surface area contributed by atoms with Crippen LogP contribution < -0.4 is 0 Å². The van der Waals surface area contributed by atoms with Gasteiger partial charge >= 0.3 is 18.3 Å². The highest BCUT2D eigenvalue weighted by Crippen LogP contribution is 2.49. The monoisotopic (exact) mass is 284 g/mol. The van der Waals surface area contributed by atoms with Gasteiger partial charge in [-0.25, -0.2) is 13.2 Å². The van der Waals surface area contributed by atoms with Crippen LogP contribution in [0.2, 0.25) is 0 Å². The highest BCUT2D eigenvalue weighted by Gasteiger charge is 2.71. The van der Waals surface area contributed by atoms with E-state index in [1.54, 1.807) is 0 Å². The van der Waals surface area contributed by atoms with Gasteiger partial charge < -0.3 is 0 Å². The summed E-state index contributed by atoms with van der Waals surface area (Å²) in [5.74, 6) is -6.21. The van der Waals surface area contributed by atoms with E-state index in [9.17, 15) is 48.3 Å². The smallest absolute Gasteiger partial charge is 0.227 e. The van der Waals surface area contributed by atoms with E-state index in [4.69, 9.17) is 0 Å². The van der Waals surface area contributed by atoms with Crippen LogP contribution in [0, 0.1) is 0 Å². The molecule has 0 saturated heterocycles. The van der Waals surface area contributed by atoms with E-state index in [-0.39, 0.29) is 0 Å². The molecular weight excluding hydrogens is 281 g/mol. The van der Waals surface area contributed by atoms with E-state index in [1.807, 2.05) is 0 Å². The molecule has 0 aliphatic carbocycles. The fraction of sp³-hybridized carbons (Fsp3) is 1.00. The van der Waals surface area contributed by atoms with Gasteiger partial charge in [-0.3, -0.25) is 0 Å². The van der Waals surface area contributed by atoms with Crippen molar-refractivity contribution in [2.24, 2.45) is 0 Å². The Morgan fingerprint density at radius 1 is 0.647 bits per heavy atom. The minimum atomic E-state index is -6.55. The van der Waals surface area contributed by atoms with Crippen molar-refractivity contribution in [3.63, 3.8) is 0 Å².